The van der Waals surface area contributed by atoms with E-state index >= 15 is 0 Å². The van der Waals surface area contributed by atoms with Crippen LogP contribution < -0.4 is 16.0 Å². The van der Waals surface area contributed by atoms with Crippen LogP contribution in [0.1, 0.15) is 17.2 Å². The minimum atomic E-state index is -0.281. The van der Waals surface area contributed by atoms with Crippen molar-refractivity contribution >= 4 is 15.9 Å². The first-order valence-electron chi connectivity index (χ1n) is 6.18. The van der Waals surface area contributed by atoms with Gasteiger partial charge in [-0.2, -0.15) is 0 Å². The molecule has 1 atom stereocenters. The molecule has 0 spiro atoms. The van der Waals surface area contributed by atoms with Crippen molar-refractivity contribution in [3.05, 3.63) is 63.9 Å². The monoisotopic (exact) mass is 338 g/mol. The minimum Gasteiger partial charge on any atom is -0.496 e. The molecule has 0 saturated carbocycles. The van der Waals surface area contributed by atoms with E-state index in [0.717, 1.165) is 15.8 Å². The summed E-state index contributed by atoms with van der Waals surface area (Å²) in [6, 6.07) is 12.1. The lowest BCUT2D eigenvalue weighted by Crippen LogP contribution is -2.30. The lowest BCUT2D eigenvalue weighted by atomic mass is 9.99. The number of rotatable bonds is 5. The maximum absolute atomic E-state index is 13.8. The van der Waals surface area contributed by atoms with Crippen LogP contribution in [0.15, 0.2) is 46.9 Å². The van der Waals surface area contributed by atoms with E-state index in [1.807, 2.05) is 18.2 Å². The van der Waals surface area contributed by atoms with Gasteiger partial charge in [-0.3, -0.25) is 11.3 Å². The van der Waals surface area contributed by atoms with Crippen molar-refractivity contribution in [2.24, 2.45) is 5.84 Å². The van der Waals surface area contributed by atoms with Gasteiger partial charge in [0.05, 0.1) is 17.6 Å². The van der Waals surface area contributed by atoms with Crippen LogP contribution in [0.4, 0.5) is 4.39 Å². The van der Waals surface area contributed by atoms with E-state index in [0.29, 0.717) is 12.0 Å². The number of nitrogens with one attached hydrogen (secondary N) is 1. The summed E-state index contributed by atoms with van der Waals surface area (Å²) in [5.74, 6) is 6.06. The lowest BCUT2D eigenvalue weighted by Gasteiger charge is -2.17. The van der Waals surface area contributed by atoms with Crippen LogP contribution in [0.3, 0.4) is 0 Å². The molecule has 5 heteroatoms. The van der Waals surface area contributed by atoms with Gasteiger partial charge in [0.1, 0.15) is 11.6 Å². The Bertz CT molecular complexity index is 592. The third kappa shape index (κ3) is 3.36. The molecule has 20 heavy (non-hydrogen) atoms. The fourth-order valence-electron chi connectivity index (χ4n) is 2.09. The summed E-state index contributed by atoms with van der Waals surface area (Å²) in [5, 5.41) is 0. The van der Waals surface area contributed by atoms with E-state index in [2.05, 4.69) is 21.4 Å². The van der Waals surface area contributed by atoms with Gasteiger partial charge in [0.2, 0.25) is 0 Å². The summed E-state index contributed by atoms with van der Waals surface area (Å²) in [5.41, 5.74) is 4.26. The number of nitrogens with two attached hydrogens (primary N) is 1. The summed E-state index contributed by atoms with van der Waals surface area (Å²) in [6.07, 6.45) is 0.583. The number of ether oxygens (including phenoxy) is 1. The maximum Gasteiger partial charge on any atom is 0.133 e. The van der Waals surface area contributed by atoms with Gasteiger partial charge in [0, 0.05) is 5.56 Å². The first-order valence-corrected chi connectivity index (χ1v) is 6.98. The number of halogens is 2. The summed E-state index contributed by atoms with van der Waals surface area (Å²) in [6.45, 7) is 0. The van der Waals surface area contributed by atoms with Crippen molar-refractivity contribution in [1.29, 1.82) is 0 Å². The Labute approximate surface area is 126 Å². The highest BCUT2D eigenvalue weighted by molar-refractivity contribution is 9.10. The smallest absolute Gasteiger partial charge is 0.133 e. The second-order valence-corrected chi connectivity index (χ2v) is 5.27. The molecule has 2 rings (SSSR count). The maximum atomic E-state index is 13.8. The number of benzene rings is 2. The number of methoxy groups -OCH3 is 1. The molecule has 0 radical (unpaired) electrons. The van der Waals surface area contributed by atoms with Crippen LogP contribution in [0.25, 0.3) is 0 Å². The molecule has 3 nitrogen and oxygen atoms in total. The standard InChI is InChI=1S/C15H16BrFN2O/c1-20-15-7-6-10(8-12(15)16)9-14(19-18)11-4-2-3-5-13(11)17/h2-8,14,19H,9,18H2,1H3. The van der Waals surface area contributed by atoms with Gasteiger partial charge in [-0.25, -0.2) is 4.39 Å². The quantitative estimate of drug-likeness (QED) is 0.649. The van der Waals surface area contributed by atoms with Crippen LogP contribution >= 0.6 is 15.9 Å². The Balaban J connectivity index is 2.23. The molecular weight excluding hydrogens is 323 g/mol. The highest BCUT2D eigenvalue weighted by Gasteiger charge is 2.15. The van der Waals surface area contributed by atoms with Crippen molar-refractivity contribution < 1.29 is 9.13 Å². The lowest BCUT2D eigenvalue weighted by molar-refractivity contribution is 0.412. The number of hydrogen-bond donors (Lipinski definition) is 2. The first kappa shape index (κ1) is 15.0. The highest BCUT2D eigenvalue weighted by Crippen LogP contribution is 2.28. The van der Waals surface area contributed by atoms with Crippen molar-refractivity contribution in [2.75, 3.05) is 7.11 Å². The summed E-state index contributed by atoms with van der Waals surface area (Å²) >= 11 is 3.44. The molecule has 0 heterocycles. The molecule has 0 amide bonds. The van der Waals surface area contributed by atoms with E-state index < -0.39 is 0 Å². The van der Waals surface area contributed by atoms with Crippen LogP contribution in [0.5, 0.6) is 5.75 Å². The van der Waals surface area contributed by atoms with Crippen LogP contribution in [-0.2, 0) is 6.42 Å². The van der Waals surface area contributed by atoms with Gasteiger partial charge >= 0.3 is 0 Å². The Morgan fingerprint density at radius 2 is 2.05 bits per heavy atom. The third-order valence-electron chi connectivity index (χ3n) is 3.14. The molecule has 1 unspecified atom stereocenters. The fraction of sp³-hybridized carbons (Fsp3) is 0.200. The predicted octanol–water partition coefficient (Wildman–Crippen LogP) is 3.34. The zero-order valence-corrected chi connectivity index (χ0v) is 12.7. The zero-order chi connectivity index (χ0) is 14.5. The predicted molar refractivity (Wildman–Crippen MR) is 80.9 cm³/mol. The van der Waals surface area contributed by atoms with E-state index in [9.17, 15) is 4.39 Å². The van der Waals surface area contributed by atoms with Gasteiger partial charge in [0.15, 0.2) is 0 Å². The molecule has 0 saturated heterocycles. The summed E-state index contributed by atoms with van der Waals surface area (Å²) in [7, 11) is 1.61. The average Bonchev–Trinajstić information content (AvgIpc) is 2.46. The Morgan fingerprint density at radius 3 is 2.65 bits per heavy atom. The Morgan fingerprint density at radius 1 is 1.30 bits per heavy atom. The van der Waals surface area contributed by atoms with E-state index in [1.165, 1.54) is 6.07 Å². The molecule has 0 aliphatic carbocycles. The molecular formula is C15H16BrFN2O. The van der Waals surface area contributed by atoms with Gasteiger partial charge in [0.25, 0.3) is 0 Å². The highest BCUT2D eigenvalue weighted by atomic mass is 79.9. The first-order chi connectivity index (χ1) is 9.65. The zero-order valence-electron chi connectivity index (χ0n) is 11.1. The molecule has 0 aliphatic rings. The molecule has 0 bridgehead atoms. The van der Waals surface area contributed by atoms with Gasteiger partial charge < -0.3 is 4.74 Å². The second kappa shape index (κ2) is 6.83. The molecule has 106 valence electrons. The van der Waals surface area contributed by atoms with Gasteiger partial charge in [-0.1, -0.05) is 24.3 Å². The van der Waals surface area contributed by atoms with Crippen molar-refractivity contribution in [3.63, 3.8) is 0 Å². The van der Waals surface area contributed by atoms with Crippen molar-refractivity contribution in [1.82, 2.24) is 5.43 Å². The average molecular weight is 339 g/mol. The van der Waals surface area contributed by atoms with Crippen molar-refractivity contribution in [2.45, 2.75) is 12.5 Å². The molecule has 0 aliphatic heterocycles. The van der Waals surface area contributed by atoms with E-state index in [1.54, 1.807) is 25.3 Å². The van der Waals surface area contributed by atoms with Crippen molar-refractivity contribution in [3.8, 4) is 5.75 Å². The number of hydrazine groups is 1. The SMILES string of the molecule is COc1ccc(CC(NN)c2ccccc2F)cc1Br. The Hall–Kier alpha value is -1.43. The third-order valence-corrected chi connectivity index (χ3v) is 3.76. The summed E-state index contributed by atoms with van der Waals surface area (Å²) < 4.78 is 19.9. The number of hydrogen-bond acceptors (Lipinski definition) is 3. The van der Waals surface area contributed by atoms with Gasteiger partial charge in [-0.15, -0.1) is 0 Å². The Kier molecular flexibility index (Phi) is 5.11. The second-order valence-electron chi connectivity index (χ2n) is 4.41. The topological polar surface area (TPSA) is 47.3 Å². The largest absolute Gasteiger partial charge is 0.496 e. The normalized spacial score (nSPS) is 12.2. The fourth-order valence-corrected chi connectivity index (χ4v) is 2.68. The van der Waals surface area contributed by atoms with E-state index in [-0.39, 0.29) is 11.9 Å². The van der Waals surface area contributed by atoms with Gasteiger partial charge in [-0.05, 0) is 46.1 Å². The molecule has 0 aromatic heterocycles. The molecule has 2 aromatic rings. The van der Waals surface area contributed by atoms with Crippen LogP contribution in [0.2, 0.25) is 0 Å². The molecule has 3 N–H and O–H groups in total. The minimum absolute atomic E-state index is 0.261. The van der Waals surface area contributed by atoms with E-state index in [4.69, 9.17) is 10.6 Å². The van der Waals surface area contributed by atoms with Crippen LogP contribution in [-0.4, -0.2) is 7.11 Å². The van der Waals surface area contributed by atoms with Crippen LogP contribution in [0, 0.1) is 5.82 Å². The molecule has 2 aromatic carbocycles. The molecule has 0 fully saturated rings. The summed E-state index contributed by atoms with van der Waals surface area (Å²) in [4.78, 5) is 0.